The summed E-state index contributed by atoms with van der Waals surface area (Å²) in [4.78, 5) is 12.5. The fourth-order valence-electron chi connectivity index (χ4n) is 2.06. The molecular weight excluding hydrogens is 444 g/mol. The Morgan fingerprint density at radius 1 is 1.22 bits per heavy atom. The summed E-state index contributed by atoms with van der Waals surface area (Å²) in [5.74, 6) is 0.185. The maximum atomic E-state index is 12.5. The van der Waals surface area contributed by atoms with E-state index in [0.717, 1.165) is 20.2 Å². The van der Waals surface area contributed by atoms with Crippen LogP contribution >= 0.6 is 44.1 Å². The number of benzene rings is 2. The Kier molecular flexibility index (Phi) is 6.15. The lowest BCUT2D eigenvalue weighted by atomic mass is 10.1. The summed E-state index contributed by atoms with van der Waals surface area (Å²) < 4.78 is 6.97. The van der Waals surface area contributed by atoms with Crippen molar-refractivity contribution < 1.29 is 9.53 Å². The number of anilines is 1. The van der Waals surface area contributed by atoms with Crippen molar-refractivity contribution >= 4 is 60.8 Å². The molecule has 23 heavy (non-hydrogen) atoms. The molecular formula is C16H14Br2N2O2S. The van der Waals surface area contributed by atoms with Gasteiger partial charge in [0.2, 0.25) is 0 Å². The van der Waals surface area contributed by atoms with Crippen molar-refractivity contribution in [3.63, 3.8) is 0 Å². The van der Waals surface area contributed by atoms with Gasteiger partial charge in [-0.3, -0.25) is 10.1 Å². The highest BCUT2D eigenvalue weighted by molar-refractivity contribution is 9.10. The summed E-state index contributed by atoms with van der Waals surface area (Å²) in [5, 5.41) is 5.85. The number of halogens is 2. The molecule has 0 radical (unpaired) electrons. The Hall–Kier alpha value is -1.44. The second-order valence-electron chi connectivity index (χ2n) is 4.69. The molecule has 2 N–H and O–H groups in total. The maximum Gasteiger partial charge on any atom is 0.261 e. The van der Waals surface area contributed by atoms with Gasteiger partial charge in [-0.2, -0.15) is 0 Å². The number of hydrogen-bond acceptors (Lipinski definition) is 3. The van der Waals surface area contributed by atoms with Crippen molar-refractivity contribution in [2.24, 2.45) is 0 Å². The van der Waals surface area contributed by atoms with Crippen LogP contribution in [0.15, 0.2) is 45.3 Å². The van der Waals surface area contributed by atoms with Crippen LogP contribution in [0.4, 0.5) is 5.69 Å². The van der Waals surface area contributed by atoms with Gasteiger partial charge in [0.25, 0.3) is 5.91 Å². The molecule has 7 heteroatoms. The zero-order valence-electron chi connectivity index (χ0n) is 12.4. The molecule has 0 aliphatic carbocycles. The van der Waals surface area contributed by atoms with Gasteiger partial charge in [-0.15, -0.1) is 0 Å². The zero-order valence-corrected chi connectivity index (χ0v) is 16.4. The molecule has 0 aromatic heterocycles. The van der Waals surface area contributed by atoms with E-state index in [4.69, 9.17) is 17.0 Å². The van der Waals surface area contributed by atoms with Crippen LogP contribution in [0.25, 0.3) is 0 Å². The number of ether oxygens (including phenoxy) is 1. The van der Waals surface area contributed by atoms with Crippen LogP contribution in [0.5, 0.6) is 5.75 Å². The molecule has 0 fully saturated rings. The van der Waals surface area contributed by atoms with Crippen molar-refractivity contribution in [1.29, 1.82) is 0 Å². The molecule has 0 aliphatic heterocycles. The van der Waals surface area contributed by atoms with E-state index in [1.54, 1.807) is 6.07 Å². The number of carbonyl (C=O) groups is 1. The Labute approximate surface area is 156 Å². The zero-order chi connectivity index (χ0) is 17.0. The lowest BCUT2D eigenvalue weighted by molar-refractivity contribution is 0.0974. The van der Waals surface area contributed by atoms with Crippen molar-refractivity contribution in [2.75, 3.05) is 12.4 Å². The predicted octanol–water partition coefficient (Wildman–Crippen LogP) is 4.66. The topological polar surface area (TPSA) is 50.4 Å². The minimum Gasteiger partial charge on any atom is -0.496 e. The number of rotatable bonds is 3. The average Bonchev–Trinajstić information content (AvgIpc) is 2.48. The number of carbonyl (C=O) groups excluding carboxylic acids is 1. The number of methoxy groups -OCH3 is 1. The molecule has 0 unspecified atom stereocenters. The van der Waals surface area contributed by atoms with Gasteiger partial charge in [0, 0.05) is 8.95 Å². The third-order valence-electron chi connectivity index (χ3n) is 3.04. The first kappa shape index (κ1) is 17.9. The minimum atomic E-state index is -0.337. The first-order chi connectivity index (χ1) is 10.9. The maximum absolute atomic E-state index is 12.5. The number of thiocarbonyl (C=S) groups is 1. The fourth-order valence-corrected chi connectivity index (χ4v) is 3.21. The lowest BCUT2D eigenvalue weighted by Gasteiger charge is -2.14. The highest BCUT2D eigenvalue weighted by Gasteiger charge is 2.17. The van der Waals surface area contributed by atoms with E-state index in [1.807, 2.05) is 37.3 Å². The Balaban J connectivity index is 2.16. The number of para-hydroxylation sites is 1. The van der Waals surface area contributed by atoms with Crippen LogP contribution in [0.2, 0.25) is 0 Å². The van der Waals surface area contributed by atoms with Crippen molar-refractivity contribution in [1.82, 2.24) is 5.32 Å². The van der Waals surface area contributed by atoms with Gasteiger partial charge < -0.3 is 10.1 Å². The lowest BCUT2D eigenvalue weighted by Crippen LogP contribution is -2.34. The van der Waals surface area contributed by atoms with Crippen LogP contribution in [-0.2, 0) is 0 Å². The third kappa shape index (κ3) is 4.53. The van der Waals surface area contributed by atoms with E-state index >= 15 is 0 Å². The Bertz CT molecular complexity index is 766. The quantitative estimate of drug-likeness (QED) is 0.658. The van der Waals surface area contributed by atoms with E-state index in [-0.39, 0.29) is 11.0 Å². The SMILES string of the molecule is COc1c(C)cc(Br)cc1C(=O)NC(=S)Nc1ccccc1Br. The minimum absolute atomic E-state index is 0.210. The molecule has 0 heterocycles. The molecule has 0 spiro atoms. The van der Waals surface area contributed by atoms with Gasteiger partial charge in [-0.1, -0.05) is 28.1 Å². The molecule has 4 nitrogen and oxygen atoms in total. The van der Waals surface area contributed by atoms with E-state index < -0.39 is 0 Å². The molecule has 2 aromatic rings. The first-order valence-corrected chi connectivity index (χ1v) is 8.62. The molecule has 1 amide bonds. The monoisotopic (exact) mass is 456 g/mol. The number of aryl methyl sites for hydroxylation is 1. The fraction of sp³-hybridized carbons (Fsp3) is 0.125. The molecule has 2 aromatic carbocycles. The number of amides is 1. The second-order valence-corrected chi connectivity index (χ2v) is 6.87. The predicted molar refractivity (Wildman–Crippen MR) is 103 cm³/mol. The second kappa shape index (κ2) is 7.90. The van der Waals surface area contributed by atoms with E-state index in [1.165, 1.54) is 7.11 Å². The van der Waals surface area contributed by atoms with Crippen LogP contribution in [-0.4, -0.2) is 18.1 Å². The Morgan fingerprint density at radius 2 is 1.91 bits per heavy atom. The van der Waals surface area contributed by atoms with E-state index in [2.05, 4.69) is 42.5 Å². The van der Waals surface area contributed by atoms with Crippen molar-refractivity contribution in [3.05, 3.63) is 56.5 Å². The normalized spacial score (nSPS) is 10.1. The summed E-state index contributed by atoms with van der Waals surface area (Å²) >= 11 is 12.0. The smallest absolute Gasteiger partial charge is 0.261 e. The number of nitrogens with one attached hydrogen (secondary N) is 2. The average molecular weight is 458 g/mol. The van der Waals surface area contributed by atoms with E-state index in [9.17, 15) is 4.79 Å². The molecule has 2 rings (SSSR count). The summed E-state index contributed by atoms with van der Waals surface area (Å²) in [5.41, 5.74) is 2.04. The van der Waals surface area contributed by atoms with Crippen LogP contribution in [0, 0.1) is 6.92 Å². The molecule has 0 atom stereocenters. The third-order valence-corrected chi connectivity index (χ3v) is 4.39. The summed E-state index contributed by atoms with van der Waals surface area (Å²) in [7, 11) is 1.53. The van der Waals surface area contributed by atoms with Gasteiger partial charge in [0.1, 0.15) is 5.75 Å². The molecule has 0 bridgehead atoms. The highest BCUT2D eigenvalue weighted by Crippen LogP contribution is 2.28. The Morgan fingerprint density at radius 3 is 2.57 bits per heavy atom. The largest absolute Gasteiger partial charge is 0.496 e. The van der Waals surface area contributed by atoms with Gasteiger partial charge in [0.05, 0.1) is 18.4 Å². The number of hydrogen-bond donors (Lipinski definition) is 2. The van der Waals surface area contributed by atoms with Crippen molar-refractivity contribution in [2.45, 2.75) is 6.92 Å². The molecule has 0 saturated carbocycles. The molecule has 0 aliphatic rings. The molecule has 0 saturated heterocycles. The standard InChI is InChI=1S/C16H14Br2N2O2S/c1-9-7-10(17)8-11(14(9)22-2)15(21)20-16(23)19-13-6-4-3-5-12(13)18/h3-8H,1-2H3,(H2,19,20,21,23). The summed E-state index contributed by atoms with van der Waals surface area (Å²) in [6.45, 7) is 1.87. The van der Waals surface area contributed by atoms with E-state index in [0.29, 0.717) is 11.3 Å². The van der Waals surface area contributed by atoms with Gasteiger partial charge in [-0.05, 0) is 64.9 Å². The molecule has 120 valence electrons. The van der Waals surface area contributed by atoms with Gasteiger partial charge >= 0.3 is 0 Å². The first-order valence-electron chi connectivity index (χ1n) is 6.63. The van der Waals surface area contributed by atoms with Crippen LogP contribution < -0.4 is 15.4 Å². The summed E-state index contributed by atoms with van der Waals surface area (Å²) in [6.07, 6.45) is 0. The van der Waals surface area contributed by atoms with Crippen molar-refractivity contribution in [3.8, 4) is 5.75 Å². The van der Waals surface area contributed by atoms with Gasteiger partial charge in [0.15, 0.2) is 5.11 Å². The highest BCUT2D eigenvalue weighted by atomic mass is 79.9. The van der Waals surface area contributed by atoms with Gasteiger partial charge in [-0.25, -0.2) is 0 Å². The summed E-state index contributed by atoms with van der Waals surface area (Å²) in [6, 6.07) is 11.1. The van der Waals surface area contributed by atoms with Crippen LogP contribution in [0.3, 0.4) is 0 Å². The van der Waals surface area contributed by atoms with Crippen LogP contribution in [0.1, 0.15) is 15.9 Å².